The normalized spacial score (nSPS) is 12.9. The summed E-state index contributed by atoms with van der Waals surface area (Å²) in [6.45, 7) is 2.52. The van der Waals surface area contributed by atoms with Crippen molar-refractivity contribution in [1.29, 1.82) is 0 Å². The van der Waals surface area contributed by atoms with E-state index in [9.17, 15) is 0 Å². The molecular weight excluding hydrogens is 187 g/mol. The number of unbranched alkanes of at least 4 members (excludes halogenated alkanes) is 1. The SMILES string of the molecule is CCCCC(COCCO)OB(O)O. The van der Waals surface area contributed by atoms with E-state index >= 15 is 0 Å². The molecule has 1 atom stereocenters. The molecule has 0 rings (SSSR count). The topological polar surface area (TPSA) is 79.2 Å². The van der Waals surface area contributed by atoms with Gasteiger partial charge in [0.15, 0.2) is 0 Å². The molecule has 0 aromatic rings. The van der Waals surface area contributed by atoms with Gasteiger partial charge in [-0.1, -0.05) is 19.8 Å². The van der Waals surface area contributed by atoms with E-state index in [2.05, 4.69) is 0 Å². The van der Waals surface area contributed by atoms with Crippen LogP contribution in [-0.4, -0.2) is 48.4 Å². The Labute approximate surface area is 84.8 Å². The lowest BCUT2D eigenvalue weighted by atomic mass is 10.1. The van der Waals surface area contributed by atoms with E-state index in [1.807, 2.05) is 6.92 Å². The minimum Gasteiger partial charge on any atom is -0.402 e. The van der Waals surface area contributed by atoms with Gasteiger partial charge >= 0.3 is 7.32 Å². The van der Waals surface area contributed by atoms with E-state index in [4.69, 9.17) is 24.5 Å². The highest BCUT2D eigenvalue weighted by Gasteiger charge is 2.17. The lowest BCUT2D eigenvalue weighted by molar-refractivity contribution is 0.00865. The van der Waals surface area contributed by atoms with Crippen molar-refractivity contribution in [3.05, 3.63) is 0 Å². The molecule has 14 heavy (non-hydrogen) atoms. The summed E-state index contributed by atoms with van der Waals surface area (Å²) in [5, 5.41) is 25.7. The smallest absolute Gasteiger partial charge is 0.402 e. The van der Waals surface area contributed by atoms with Crippen LogP contribution in [0.25, 0.3) is 0 Å². The first kappa shape index (κ1) is 13.9. The predicted molar refractivity (Wildman–Crippen MR) is 52.5 cm³/mol. The second-order valence-electron chi connectivity index (χ2n) is 3.03. The fraction of sp³-hybridized carbons (Fsp3) is 1.00. The molecule has 0 aliphatic heterocycles. The number of rotatable bonds is 9. The van der Waals surface area contributed by atoms with Crippen LogP contribution in [0.5, 0.6) is 0 Å². The van der Waals surface area contributed by atoms with Gasteiger partial charge in [-0.3, -0.25) is 0 Å². The number of aliphatic hydroxyl groups is 1. The zero-order chi connectivity index (χ0) is 10.8. The van der Waals surface area contributed by atoms with E-state index in [1.54, 1.807) is 0 Å². The van der Waals surface area contributed by atoms with Crippen LogP contribution in [0.15, 0.2) is 0 Å². The summed E-state index contributed by atoms with van der Waals surface area (Å²) in [6.07, 6.45) is 2.36. The molecule has 0 saturated heterocycles. The van der Waals surface area contributed by atoms with E-state index in [0.717, 1.165) is 19.3 Å². The molecule has 0 bridgehead atoms. The predicted octanol–water partition coefficient (Wildman–Crippen LogP) is -0.460. The van der Waals surface area contributed by atoms with Gasteiger partial charge < -0.3 is 24.5 Å². The summed E-state index contributed by atoms with van der Waals surface area (Å²) < 4.78 is 9.85. The van der Waals surface area contributed by atoms with Crippen molar-refractivity contribution in [3.8, 4) is 0 Å². The number of hydrogen-bond acceptors (Lipinski definition) is 5. The third-order valence-electron chi connectivity index (χ3n) is 1.73. The maximum absolute atomic E-state index is 8.61. The second kappa shape index (κ2) is 9.42. The van der Waals surface area contributed by atoms with E-state index in [1.165, 1.54) is 0 Å². The molecule has 6 heteroatoms. The van der Waals surface area contributed by atoms with E-state index in [-0.39, 0.29) is 25.9 Å². The molecule has 0 amide bonds. The fourth-order valence-electron chi connectivity index (χ4n) is 1.07. The van der Waals surface area contributed by atoms with Crippen LogP contribution in [0.1, 0.15) is 26.2 Å². The monoisotopic (exact) mass is 206 g/mol. The van der Waals surface area contributed by atoms with Crippen LogP contribution in [0.4, 0.5) is 0 Å². The van der Waals surface area contributed by atoms with Crippen molar-refractivity contribution in [2.45, 2.75) is 32.3 Å². The molecule has 84 valence electrons. The Balaban J connectivity index is 3.61. The molecule has 0 aliphatic carbocycles. The lowest BCUT2D eigenvalue weighted by Crippen LogP contribution is -2.29. The first-order valence-electron chi connectivity index (χ1n) is 4.90. The van der Waals surface area contributed by atoms with Crippen LogP contribution >= 0.6 is 0 Å². The number of aliphatic hydroxyl groups excluding tert-OH is 1. The highest BCUT2D eigenvalue weighted by Crippen LogP contribution is 2.05. The van der Waals surface area contributed by atoms with Crippen LogP contribution in [-0.2, 0) is 9.39 Å². The lowest BCUT2D eigenvalue weighted by Gasteiger charge is -2.17. The first-order valence-corrected chi connectivity index (χ1v) is 4.90. The quantitative estimate of drug-likeness (QED) is 0.351. The average molecular weight is 206 g/mol. The summed E-state index contributed by atoms with van der Waals surface area (Å²) >= 11 is 0. The maximum Gasteiger partial charge on any atom is 0.634 e. The van der Waals surface area contributed by atoms with Gasteiger partial charge in [-0.2, -0.15) is 0 Å². The Kier molecular flexibility index (Phi) is 9.33. The van der Waals surface area contributed by atoms with Crippen molar-refractivity contribution in [2.75, 3.05) is 19.8 Å². The molecule has 1 unspecified atom stereocenters. The Morgan fingerprint density at radius 2 is 2.07 bits per heavy atom. The Bertz CT molecular complexity index is 122. The number of ether oxygens (including phenoxy) is 1. The first-order chi connectivity index (χ1) is 6.70. The van der Waals surface area contributed by atoms with Crippen molar-refractivity contribution < 1.29 is 24.5 Å². The van der Waals surface area contributed by atoms with Crippen molar-refractivity contribution in [2.24, 2.45) is 0 Å². The molecule has 0 fully saturated rings. The van der Waals surface area contributed by atoms with Gasteiger partial charge in [-0.15, -0.1) is 0 Å². The molecule has 0 heterocycles. The van der Waals surface area contributed by atoms with Crippen molar-refractivity contribution >= 4 is 7.32 Å². The molecule has 0 saturated carbocycles. The number of hydrogen-bond donors (Lipinski definition) is 3. The summed E-state index contributed by atoms with van der Waals surface area (Å²) in [5.74, 6) is 0. The highest BCUT2D eigenvalue weighted by molar-refractivity contribution is 6.32. The largest absolute Gasteiger partial charge is 0.634 e. The van der Waals surface area contributed by atoms with Gasteiger partial charge in [-0.05, 0) is 6.42 Å². The molecule has 0 aliphatic rings. The molecular formula is C8H19BO5. The van der Waals surface area contributed by atoms with Gasteiger partial charge in [-0.25, -0.2) is 0 Å². The molecule has 3 N–H and O–H groups in total. The van der Waals surface area contributed by atoms with Crippen LogP contribution in [0.2, 0.25) is 0 Å². The minimum absolute atomic E-state index is 0.0395. The van der Waals surface area contributed by atoms with Crippen molar-refractivity contribution in [3.63, 3.8) is 0 Å². The van der Waals surface area contributed by atoms with Crippen molar-refractivity contribution in [1.82, 2.24) is 0 Å². The van der Waals surface area contributed by atoms with Crippen LogP contribution in [0.3, 0.4) is 0 Å². The van der Waals surface area contributed by atoms with Gasteiger partial charge in [0.2, 0.25) is 0 Å². The standard InChI is InChI=1S/C8H19BO5/c1-2-3-4-8(14-9(11)12)7-13-6-5-10/h8,10-12H,2-7H2,1H3. The van der Waals surface area contributed by atoms with E-state index < -0.39 is 7.32 Å². The molecule has 5 nitrogen and oxygen atoms in total. The molecule has 0 aromatic carbocycles. The van der Waals surface area contributed by atoms with Gasteiger partial charge in [0, 0.05) is 0 Å². The summed E-state index contributed by atoms with van der Waals surface area (Å²) in [7, 11) is -1.76. The van der Waals surface area contributed by atoms with Crippen LogP contribution in [0, 0.1) is 0 Å². The Hall–Kier alpha value is -0.135. The summed E-state index contributed by atoms with van der Waals surface area (Å²) in [4.78, 5) is 0. The van der Waals surface area contributed by atoms with Gasteiger partial charge in [0.25, 0.3) is 0 Å². The van der Waals surface area contributed by atoms with E-state index in [0.29, 0.717) is 0 Å². The fourth-order valence-corrected chi connectivity index (χ4v) is 1.07. The summed E-state index contributed by atoms with van der Waals surface area (Å²) in [5.41, 5.74) is 0. The zero-order valence-corrected chi connectivity index (χ0v) is 8.56. The van der Waals surface area contributed by atoms with Crippen LogP contribution < -0.4 is 0 Å². The Morgan fingerprint density at radius 1 is 1.36 bits per heavy atom. The molecule has 0 radical (unpaired) electrons. The minimum atomic E-state index is -1.76. The molecule has 0 aromatic heterocycles. The van der Waals surface area contributed by atoms with Gasteiger partial charge in [0.1, 0.15) is 0 Å². The third-order valence-corrected chi connectivity index (χ3v) is 1.73. The maximum atomic E-state index is 8.61. The Morgan fingerprint density at radius 3 is 2.57 bits per heavy atom. The molecule has 0 spiro atoms. The second-order valence-corrected chi connectivity index (χ2v) is 3.03. The average Bonchev–Trinajstić information content (AvgIpc) is 2.13. The highest BCUT2D eigenvalue weighted by atomic mass is 16.6. The zero-order valence-electron chi connectivity index (χ0n) is 8.56. The van der Waals surface area contributed by atoms with Gasteiger partial charge in [0.05, 0.1) is 25.9 Å². The summed E-state index contributed by atoms with van der Waals surface area (Å²) in [6, 6.07) is 0. The third kappa shape index (κ3) is 8.46.